The summed E-state index contributed by atoms with van der Waals surface area (Å²) in [5, 5.41) is 6.78. The van der Waals surface area contributed by atoms with Gasteiger partial charge in [0.05, 0.1) is 0 Å². The van der Waals surface area contributed by atoms with Crippen LogP contribution in [0.1, 0.15) is 45.1 Å². The average Bonchev–Trinajstić information content (AvgIpc) is 2.41. The van der Waals surface area contributed by atoms with E-state index in [4.69, 9.17) is 0 Å². The van der Waals surface area contributed by atoms with Crippen molar-refractivity contribution in [3.63, 3.8) is 0 Å². The molecule has 1 aliphatic rings. The molecule has 4 heteroatoms. The minimum Gasteiger partial charge on any atom is -0.373 e. The molecule has 1 saturated carbocycles. The van der Waals surface area contributed by atoms with Crippen LogP contribution in [0.3, 0.4) is 0 Å². The van der Waals surface area contributed by atoms with E-state index < -0.39 is 0 Å². The smallest absolute Gasteiger partial charge is 0.134 e. The molecule has 1 heterocycles. The molecule has 0 amide bonds. The van der Waals surface area contributed by atoms with Crippen molar-refractivity contribution >= 4 is 11.6 Å². The number of anilines is 2. The zero-order valence-corrected chi connectivity index (χ0v) is 12.5. The minimum atomic E-state index is 0.548. The number of hydrogen-bond donors (Lipinski definition) is 2. The Hall–Kier alpha value is -1.32. The fourth-order valence-electron chi connectivity index (χ4n) is 3.16. The topological polar surface area (TPSA) is 49.8 Å². The summed E-state index contributed by atoms with van der Waals surface area (Å²) in [6, 6.07) is 0.548. The van der Waals surface area contributed by atoms with Crippen LogP contribution in [-0.4, -0.2) is 23.1 Å². The molecule has 1 aromatic heterocycles. The molecule has 4 nitrogen and oxygen atoms in total. The molecule has 2 rings (SSSR count). The molecule has 106 valence electrons. The van der Waals surface area contributed by atoms with Crippen LogP contribution in [-0.2, 0) is 0 Å². The fraction of sp³-hybridized carbons (Fsp3) is 0.733. The highest BCUT2D eigenvalue weighted by molar-refractivity contribution is 5.56. The molecule has 0 aliphatic heterocycles. The molecule has 0 bridgehead atoms. The first kappa shape index (κ1) is 14.1. The van der Waals surface area contributed by atoms with Crippen molar-refractivity contribution in [2.75, 3.05) is 17.7 Å². The molecule has 0 radical (unpaired) electrons. The van der Waals surface area contributed by atoms with Gasteiger partial charge >= 0.3 is 0 Å². The summed E-state index contributed by atoms with van der Waals surface area (Å²) in [7, 11) is 1.90. The van der Waals surface area contributed by atoms with Crippen LogP contribution in [0.25, 0.3) is 0 Å². The first-order valence-electron chi connectivity index (χ1n) is 7.39. The summed E-state index contributed by atoms with van der Waals surface area (Å²) < 4.78 is 0. The first-order valence-corrected chi connectivity index (χ1v) is 7.39. The number of nitrogens with one attached hydrogen (secondary N) is 2. The van der Waals surface area contributed by atoms with Gasteiger partial charge in [-0.25, -0.2) is 9.97 Å². The lowest BCUT2D eigenvalue weighted by Gasteiger charge is -2.35. The summed E-state index contributed by atoms with van der Waals surface area (Å²) in [5.41, 5.74) is 1.11. The number of hydrogen-bond acceptors (Lipinski definition) is 4. The van der Waals surface area contributed by atoms with Crippen molar-refractivity contribution in [1.82, 2.24) is 9.97 Å². The predicted octanol–water partition coefficient (Wildman–Crippen LogP) is 3.45. The van der Waals surface area contributed by atoms with E-state index in [1.54, 1.807) is 6.33 Å². The SMILES string of the molecule is CNc1ncnc(NC2CCCCC2C(C)C)c1C. The van der Waals surface area contributed by atoms with Gasteiger partial charge in [0.15, 0.2) is 0 Å². The Labute approximate surface area is 116 Å². The highest BCUT2D eigenvalue weighted by atomic mass is 15.1. The van der Waals surface area contributed by atoms with E-state index in [1.165, 1.54) is 25.7 Å². The molecule has 0 spiro atoms. The molecule has 2 unspecified atom stereocenters. The molecule has 0 aromatic carbocycles. The standard InChI is InChI=1S/C15H26N4/c1-10(2)12-7-5-6-8-13(12)19-15-11(3)14(16-4)17-9-18-15/h9-10,12-13H,5-8H2,1-4H3,(H2,16,17,18,19). The molecule has 2 N–H and O–H groups in total. The van der Waals surface area contributed by atoms with Crippen molar-refractivity contribution in [1.29, 1.82) is 0 Å². The summed E-state index contributed by atoms with van der Waals surface area (Å²) in [5.74, 6) is 3.37. The zero-order valence-electron chi connectivity index (χ0n) is 12.5. The molecular formula is C15H26N4. The maximum Gasteiger partial charge on any atom is 0.134 e. The second-order valence-corrected chi connectivity index (χ2v) is 5.89. The fourth-order valence-corrected chi connectivity index (χ4v) is 3.16. The highest BCUT2D eigenvalue weighted by Gasteiger charge is 2.28. The predicted molar refractivity (Wildman–Crippen MR) is 80.5 cm³/mol. The number of nitrogens with zero attached hydrogens (tertiary/aromatic N) is 2. The van der Waals surface area contributed by atoms with Crippen LogP contribution in [0.15, 0.2) is 6.33 Å². The van der Waals surface area contributed by atoms with E-state index in [1.807, 2.05) is 7.05 Å². The number of aromatic nitrogens is 2. The van der Waals surface area contributed by atoms with Gasteiger partial charge in [-0.05, 0) is 31.6 Å². The van der Waals surface area contributed by atoms with Gasteiger partial charge in [0.25, 0.3) is 0 Å². The summed E-state index contributed by atoms with van der Waals surface area (Å²) in [4.78, 5) is 8.65. The van der Waals surface area contributed by atoms with Crippen molar-refractivity contribution in [2.45, 2.75) is 52.5 Å². The second-order valence-electron chi connectivity index (χ2n) is 5.89. The highest BCUT2D eigenvalue weighted by Crippen LogP contribution is 2.32. The summed E-state index contributed by atoms with van der Waals surface area (Å²) >= 11 is 0. The van der Waals surface area contributed by atoms with Crippen LogP contribution in [0, 0.1) is 18.8 Å². The summed E-state index contributed by atoms with van der Waals surface area (Å²) in [6.07, 6.45) is 6.91. The van der Waals surface area contributed by atoms with Crippen molar-refractivity contribution < 1.29 is 0 Å². The van der Waals surface area contributed by atoms with Gasteiger partial charge in [0.1, 0.15) is 18.0 Å². The van der Waals surface area contributed by atoms with Gasteiger partial charge < -0.3 is 10.6 Å². The van der Waals surface area contributed by atoms with E-state index in [2.05, 4.69) is 41.4 Å². The van der Waals surface area contributed by atoms with E-state index in [-0.39, 0.29) is 0 Å². The maximum absolute atomic E-state index is 4.41. The van der Waals surface area contributed by atoms with Crippen molar-refractivity contribution in [3.05, 3.63) is 11.9 Å². The van der Waals surface area contributed by atoms with Crippen LogP contribution in [0.4, 0.5) is 11.6 Å². The third-order valence-corrected chi connectivity index (χ3v) is 4.32. The normalized spacial score (nSPS) is 23.4. The zero-order chi connectivity index (χ0) is 13.8. The molecule has 0 saturated heterocycles. The lowest BCUT2D eigenvalue weighted by atomic mass is 9.78. The lowest BCUT2D eigenvalue weighted by Crippen LogP contribution is -2.35. The Balaban J connectivity index is 2.15. The average molecular weight is 262 g/mol. The third kappa shape index (κ3) is 3.17. The molecule has 2 atom stereocenters. The molecule has 1 aromatic rings. The van der Waals surface area contributed by atoms with E-state index in [9.17, 15) is 0 Å². The van der Waals surface area contributed by atoms with Gasteiger partial charge in [-0.15, -0.1) is 0 Å². The van der Waals surface area contributed by atoms with Gasteiger partial charge in [0.2, 0.25) is 0 Å². The molecule has 1 aliphatic carbocycles. The van der Waals surface area contributed by atoms with Gasteiger partial charge in [0, 0.05) is 18.7 Å². The molecule has 19 heavy (non-hydrogen) atoms. The summed E-state index contributed by atoms with van der Waals surface area (Å²) in [6.45, 7) is 6.73. The Kier molecular flexibility index (Phi) is 4.61. The van der Waals surface area contributed by atoms with E-state index in [0.717, 1.165) is 29.0 Å². The molecular weight excluding hydrogens is 236 g/mol. The van der Waals surface area contributed by atoms with Crippen LogP contribution in [0.5, 0.6) is 0 Å². The second kappa shape index (κ2) is 6.22. The quantitative estimate of drug-likeness (QED) is 0.872. The Morgan fingerprint density at radius 1 is 1.16 bits per heavy atom. The van der Waals surface area contributed by atoms with Crippen molar-refractivity contribution in [2.24, 2.45) is 11.8 Å². The van der Waals surface area contributed by atoms with Crippen LogP contribution in [0.2, 0.25) is 0 Å². The Morgan fingerprint density at radius 3 is 2.53 bits per heavy atom. The van der Waals surface area contributed by atoms with Crippen LogP contribution >= 0.6 is 0 Å². The third-order valence-electron chi connectivity index (χ3n) is 4.32. The number of rotatable bonds is 4. The minimum absolute atomic E-state index is 0.548. The van der Waals surface area contributed by atoms with E-state index in [0.29, 0.717) is 6.04 Å². The monoisotopic (exact) mass is 262 g/mol. The van der Waals surface area contributed by atoms with Crippen molar-refractivity contribution in [3.8, 4) is 0 Å². The molecule has 1 fully saturated rings. The van der Waals surface area contributed by atoms with E-state index >= 15 is 0 Å². The van der Waals surface area contributed by atoms with Gasteiger partial charge in [-0.1, -0.05) is 26.7 Å². The van der Waals surface area contributed by atoms with Crippen LogP contribution < -0.4 is 10.6 Å². The Bertz CT molecular complexity index is 417. The maximum atomic E-state index is 4.41. The largest absolute Gasteiger partial charge is 0.373 e. The Morgan fingerprint density at radius 2 is 1.84 bits per heavy atom. The lowest BCUT2D eigenvalue weighted by molar-refractivity contribution is 0.253. The first-order chi connectivity index (χ1) is 9.13. The van der Waals surface area contributed by atoms with Gasteiger partial charge in [-0.3, -0.25) is 0 Å². The van der Waals surface area contributed by atoms with Gasteiger partial charge in [-0.2, -0.15) is 0 Å².